The van der Waals surface area contributed by atoms with E-state index in [9.17, 15) is 18.3 Å². The van der Waals surface area contributed by atoms with Gasteiger partial charge in [0, 0.05) is 54.7 Å². The monoisotopic (exact) mass is 461 g/mol. The van der Waals surface area contributed by atoms with Crippen molar-refractivity contribution in [1.29, 1.82) is 0 Å². The summed E-state index contributed by atoms with van der Waals surface area (Å²) in [6.45, 7) is 4.52. The zero-order chi connectivity index (χ0) is 21.5. The molecule has 1 aliphatic heterocycles. The number of rotatable bonds is 9. The van der Waals surface area contributed by atoms with Gasteiger partial charge in [-0.2, -0.15) is 0 Å². The highest BCUT2D eigenvalue weighted by molar-refractivity contribution is 7.98. The molecule has 1 aromatic carbocycles. The van der Waals surface area contributed by atoms with Gasteiger partial charge >= 0.3 is 0 Å². The van der Waals surface area contributed by atoms with Crippen molar-refractivity contribution in [3.05, 3.63) is 41.2 Å². The molecule has 3 N–H and O–H groups in total. The number of hydrogen-bond donors (Lipinski definition) is 3. The summed E-state index contributed by atoms with van der Waals surface area (Å²) in [5.41, 5.74) is -0.111. The number of aliphatic hydroxyl groups is 1. The van der Waals surface area contributed by atoms with Gasteiger partial charge in [-0.1, -0.05) is 11.8 Å². The third-order valence-electron chi connectivity index (χ3n) is 4.05. The van der Waals surface area contributed by atoms with Gasteiger partial charge in [-0.15, -0.1) is 0 Å². The maximum Gasteiger partial charge on any atom is 0.191 e. The van der Waals surface area contributed by atoms with Crippen molar-refractivity contribution < 1.29 is 23.0 Å². The number of hydrogen-bond acceptors (Lipinski definition) is 9. The molecule has 0 aliphatic carbocycles. The van der Waals surface area contributed by atoms with Gasteiger partial charge in [-0.05, 0) is 13.0 Å². The molecule has 1 atom stereocenters. The van der Waals surface area contributed by atoms with E-state index in [1.54, 1.807) is 13.0 Å². The molecular formula is C18H22F3N5O2S2. The van der Waals surface area contributed by atoms with Crippen LogP contribution in [0.4, 0.5) is 24.8 Å². The molecule has 0 unspecified atom stereocenters. The molecule has 164 valence electrons. The van der Waals surface area contributed by atoms with Crippen LogP contribution >= 0.6 is 23.9 Å². The molecule has 0 spiro atoms. The maximum atomic E-state index is 13.9. The van der Waals surface area contributed by atoms with Crippen molar-refractivity contribution in [2.24, 2.45) is 0 Å². The summed E-state index contributed by atoms with van der Waals surface area (Å²) >= 11 is 2.43. The largest absolute Gasteiger partial charge is 0.394 e. The van der Waals surface area contributed by atoms with Gasteiger partial charge in [0.15, 0.2) is 16.8 Å². The Bertz CT molecular complexity index is 859. The average molecular weight is 462 g/mol. The van der Waals surface area contributed by atoms with Crippen molar-refractivity contribution in [2.45, 2.75) is 23.9 Å². The molecule has 1 aromatic heterocycles. The number of aliphatic hydroxyl groups excluding tert-OH is 1. The number of anilines is 2. The minimum atomic E-state index is -1.23. The topological polar surface area (TPSA) is 82.5 Å². The minimum absolute atomic E-state index is 0.0461. The molecule has 7 nitrogen and oxygen atoms in total. The Morgan fingerprint density at radius 3 is 2.63 bits per heavy atom. The molecule has 3 rings (SSSR count). The van der Waals surface area contributed by atoms with E-state index in [0.717, 1.165) is 30.9 Å². The average Bonchev–Trinajstić information content (AvgIpc) is 2.74. The molecule has 2 heterocycles. The van der Waals surface area contributed by atoms with E-state index < -0.39 is 17.5 Å². The number of thioether (sulfide) groups is 1. The number of aromatic nitrogens is 2. The van der Waals surface area contributed by atoms with Crippen molar-refractivity contribution in [2.75, 3.05) is 42.9 Å². The number of ether oxygens (including phenoxy) is 1. The van der Waals surface area contributed by atoms with Gasteiger partial charge in [-0.25, -0.2) is 27.4 Å². The van der Waals surface area contributed by atoms with Gasteiger partial charge in [0.25, 0.3) is 0 Å². The van der Waals surface area contributed by atoms with Crippen LogP contribution in [0.1, 0.15) is 12.5 Å². The molecule has 12 heteroatoms. The van der Waals surface area contributed by atoms with Crippen LogP contribution in [0.25, 0.3) is 0 Å². The summed E-state index contributed by atoms with van der Waals surface area (Å²) in [6.07, 6.45) is 0. The fourth-order valence-electron chi connectivity index (χ4n) is 2.52. The smallest absolute Gasteiger partial charge is 0.191 e. The zero-order valence-corrected chi connectivity index (χ0v) is 17.8. The second-order valence-corrected chi connectivity index (χ2v) is 8.38. The van der Waals surface area contributed by atoms with Crippen molar-refractivity contribution in [1.82, 2.24) is 14.3 Å². The molecular weight excluding hydrogens is 439 g/mol. The van der Waals surface area contributed by atoms with Crippen LogP contribution in [-0.2, 0) is 10.5 Å². The van der Waals surface area contributed by atoms with Crippen LogP contribution in [0.5, 0.6) is 0 Å². The molecule has 0 bridgehead atoms. The van der Waals surface area contributed by atoms with Crippen molar-refractivity contribution in [3.63, 3.8) is 0 Å². The SMILES string of the molecule is C[C@H](CO)Nc1cc(NSN2CCOCC2)nc(SCc2cc(F)cc(F)c2F)n1. The van der Waals surface area contributed by atoms with Gasteiger partial charge in [-0.3, -0.25) is 0 Å². The Morgan fingerprint density at radius 1 is 1.17 bits per heavy atom. The lowest BCUT2D eigenvalue weighted by atomic mass is 10.2. The lowest BCUT2D eigenvalue weighted by Crippen LogP contribution is -2.32. The fraction of sp³-hybridized carbons (Fsp3) is 0.444. The highest BCUT2D eigenvalue weighted by Gasteiger charge is 2.15. The number of nitrogens with one attached hydrogen (secondary N) is 2. The van der Waals surface area contributed by atoms with E-state index in [1.165, 1.54) is 12.1 Å². The summed E-state index contributed by atoms with van der Waals surface area (Å²) in [4.78, 5) is 8.73. The zero-order valence-electron chi connectivity index (χ0n) is 16.2. The first kappa shape index (κ1) is 22.9. The highest BCUT2D eigenvalue weighted by atomic mass is 32.2. The first-order valence-electron chi connectivity index (χ1n) is 9.23. The van der Waals surface area contributed by atoms with E-state index >= 15 is 0 Å². The van der Waals surface area contributed by atoms with Gasteiger partial charge < -0.3 is 19.9 Å². The van der Waals surface area contributed by atoms with Crippen LogP contribution in [0, 0.1) is 17.5 Å². The van der Waals surface area contributed by atoms with Crippen LogP contribution in [0.2, 0.25) is 0 Å². The lowest BCUT2D eigenvalue weighted by Gasteiger charge is -2.25. The molecule has 0 saturated carbocycles. The quantitative estimate of drug-likeness (QED) is 0.226. The summed E-state index contributed by atoms with van der Waals surface area (Å²) < 4.78 is 51.3. The predicted octanol–water partition coefficient (Wildman–Crippen LogP) is 3.29. The third kappa shape index (κ3) is 6.64. The Morgan fingerprint density at radius 2 is 1.90 bits per heavy atom. The van der Waals surface area contributed by atoms with Crippen molar-refractivity contribution >= 4 is 35.5 Å². The molecule has 0 amide bonds. The number of halogens is 3. The van der Waals surface area contributed by atoms with Crippen LogP contribution in [-0.4, -0.2) is 58.3 Å². The number of nitrogens with zero attached hydrogens (tertiary/aromatic N) is 3. The van der Waals surface area contributed by atoms with Crippen molar-refractivity contribution in [3.8, 4) is 0 Å². The Balaban J connectivity index is 1.73. The molecule has 1 saturated heterocycles. The molecule has 1 aliphatic rings. The van der Waals surface area contributed by atoms with Gasteiger partial charge in [0.2, 0.25) is 0 Å². The van der Waals surface area contributed by atoms with Gasteiger partial charge in [0.1, 0.15) is 17.5 Å². The standard InChI is InChI=1S/C18H22F3N5O2S2/c1-11(9-27)22-15-8-16(25-30-26-2-4-28-5-3-26)24-18(23-15)29-10-12-6-13(19)7-14(20)17(12)21/h6-8,11,27H,2-5,9-10H2,1H3,(H2,22,23,24,25)/t11-/m1/s1. The van der Waals surface area contributed by atoms with E-state index in [-0.39, 0.29) is 24.0 Å². The van der Waals surface area contributed by atoms with Crippen LogP contribution < -0.4 is 10.0 Å². The van der Waals surface area contributed by atoms with E-state index in [1.807, 2.05) is 0 Å². The summed E-state index contributed by atoms with van der Waals surface area (Å²) in [5, 5.41) is 12.6. The van der Waals surface area contributed by atoms with E-state index in [2.05, 4.69) is 24.3 Å². The second kappa shape index (κ2) is 11.0. The number of benzene rings is 1. The first-order chi connectivity index (χ1) is 14.4. The van der Waals surface area contributed by atoms with Crippen LogP contribution in [0.3, 0.4) is 0 Å². The number of morpholine rings is 1. The summed E-state index contributed by atoms with van der Waals surface area (Å²) in [5.74, 6) is -2.25. The Hall–Kier alpha value is -1.73. The fourth-order valence-corrected chi connectivity index (χ4v) is 4.00. The highest BCUT2D eigenvalue weighted by Crippen LogP contribution is 2.27. The van der Waals surface area contributed by atoms with Crippen LogP contribution in [0.15, 0.2) is 23.4 Å². The lowest BCUT2D eigenvalue weighted by molar-refractivity contribution is 0.0775. The minimum Gasteiger partial charge on any atom is -0.394 e. The Kier molecular flexibility index (Phi) is 8.45. The first-order valence-corrected chi connectivity index (χ1v) is 11.0. The second-order valence-electron chi connectivity index (χ2n) is 6.53. The van der Waals surface area contributed by atoms with E-state index in [4.69, 9.17) is 4.74 Å². The normalized spacial score (nSPS) is 15.8. The Labute approximate surface area is 181 Å². The molecule has 1 fully saturated rings. The molecule has 2 aromatic rings. The summed E-state index contributed by atoms with van der Waals surface area (Å²) in [7, 11) is 0. The third-order valence-corrected chi connectivity index (χ3v) is 5.87. The van der Waals surface area contributed by atoms with Gasteiger partial charge in [0.05, 0.1) is 19.8 Å². The van der Waals surface area contributed by atoms with E-state index in [0.29, 0.717) is 36.1 Å². The maximum absolute atomic E-state index is 13.9. The predicted molar refractivity (Wildman–Crippen MR) is 112 cm³/mol. The molecule has 0 radical (unpaired) electrons. The molecule has 30 heavy (non-hydrogen) atoms. The summed E-state index contributed by atoms with van der Waals surface area (Å²) in [6, 6.07) is 2.90.